The first-order valence-corrected chi connectivity index (χ1v) is 8.09. The fourth-order valence-electron chi connectivity index (χ4n) is 2.30. The summed E-state index contributed by atoms with van der Waals surface area (Å²) in [4.78, 5) is 3.77. The molecule has 104 valence electrons. The van der Waals surface area contributed by atoms with Gasteiger partial charge in [0, 0.05) is 23.3 Å². The van der Waals surface area contributed by atoms with E-state index in [2.05, 4.69) is 31.7 Å². The fourth-order valence-corrected chi connectivity index (χ4v) is 3.53. The summed E-state index contributed by atoms with van der Waals surface area (Å²) in [6.45, 7) is 9.56. The monoisotopic (exact) mass is 288 g/mol. The summed E-state index contributed by atoms with van der Waals surface area (Å²) in [6, 6.07) is 2.37. The molecule has 0 amide bonds. The van der Waals surface area contributed by atoms with Crippen LogP contribution in [0.25, 0.3) is 0 Å². The van der Waals surface area contributed by atoms with E-state index in [0.717, 1.165) is 24.0 Å². The molecule has 0 saturated carbocycles. The molecule has 0 aromatic carbocycles. The number of halogens is 1. The molecule has 2 N–H and O–H groups in total. The number of likely N-dealkylation sites (N-methyl/N-ethyl adjacent to an activating group) is 1. The molecule has 0 aliphatic carbocycles. The molecule has 1 unspecified atom stereocenters. The Morgan fingerprint density at radius 1 is 1.33 bits per heavy atom. The summed E-state index contributed by atoms with van der Waals surface area (Å²) in [7, 11) is 0. The maximum absolute atomic E-state index is 6.02. The lowest BCUT2D eigenvalue weighted by Crippen LogP contribution is -2.36. The van der Waals surface area contributed by atoms with Crippen LogP contribution in [0.2, 0.25) is 5.02 Å². The first kappa shape index (κ1) is 16.0. The van der Waals surface area contributed by atoms with Crippen LogP contribution < -0.4 is 5.73 Å². The van der Waals surface area contributed by atoms with Gasteiger partial charge in [0.1, 0.15) is 0 Å². The molecular weight excluding hydrogens is 264 g/mol. The van der Waals surface area contributed by atoms with Crippen molar-refractivity contribution in [3.8, 4) is 0 Å². The average molecular weight is 289 g/mol. The third-order valence-electron chi connectivity index (χ3n) is 3.63. The molecule has 1 aromatic rings. The van der Waals surface area contributed by atoms with Crippen LogP contribution in [0.5, 0.6) is 0 Å². The summed E-state index contributed by atoms with van der Waals surface area (Å²) in [5.41, 5.74) is 5.97. The van der Waals surface area contributed by atoms with Gasteiger partial charge >= 0.3 is 0 Å². The Kier molecular flexibility index (Phi) is 7.23. The van der Waals surface area contributed by atoms with Crippen molar-refractivity contribution in [2.75, 3.05) is 19.6 Å². The van der Waals surface area contributed by atoms with Gasteiger partial charge in [-0.2, -0.15) is 0 Å². The first-order chi connectivity index (χ1) is 8.65. The van der Waals surface area contributed by atoms with Gasteiger partial charge in [-0.05, 0) is 18.5 Å². The zero-order valence-electron chi connectivity index (χ0n) is 11.7. The second-order valence-corrected chi connectivity index (χ2v) is 6.07. The maximum atomic E-state index is 6.02. The van der Waals surface area contributed by atoms with E-state index >= 15 is 0 Å². The van der Waals surface area contributed by atoms with E-state index in [9.17, 15) is 0 Å². The highest BCUT2D eigenvalue weighted by Crippen LogP contribution is 2.29. The van der Waals surface area contributed by atoms with Crippen LogP contribution in [-0.4, -0.2) is 24.5 Å². The van der Waals surface area contributed by atoms with E-state index < -0.39 is 0 Å². The van der Waals surface area contributed by atoms with Crippen molar-refractivity contribution in [1.82, 2.24) is 4.90 Å². The van der Waals surface area contributed by atoms with Crippen molar-refractivity contribution >= 4 is 22.9 Å². The van der Waals surface area contributed by atoms with Gasteiger partial charge in [-0.15, -0.1) is 11.3 Å². The van der Waals surface area contributed by atoms with Crippen LogP contribution in [-0.2, 0) is 0 Å². The Hall–Kier alpha value is -0.0900. The zero-order chi connectivity index (χ0) is 13.5. The number of hydrogen-bond donors (Lipinski definition) is 1. The number of rotatable bonds is 8. The summed E-state index contributed by atoms with van der Waals surface area (Å²) in [5.74, 6) is 0.759. The SMILES string of the molecule is CCC(CC)CN(CC)C(CN)c1cc(Cl)cs1. The van der Waals surface area contributed by atoms with E-state index in [4.69, 9.17) is 17.3 Å². The molecule has 18 heavy (non-hydrogen) atoms. The topological polar surface area (TPSA) is 29.3 Å². The minimum absolute atomic E-state index is 0.313. The Bertz CT molecular complexity index is 336. The van der Waals surface area contributed by atoms with E-state index in [-0.39, 0.29) is 0 Å². The molecule has 1 rings (SSSR count). The molecule has 0 aliphatic rings. The Morgan fingerprint density at radius 2 is 2.00 bits per heavy atom. The predicted molar refractivity (Wildman–Crippen MR) is 82.4 cm³/mol. The van der Waals surface area contributed by atoms with Crippen LogP contribution in [0, 0.1) is 5.92 Å². The number of hydrogen-bond acceptors (Lipinski definition) is 3. The molecule has 0 saturated heterocycles. The van der Waals surface area contributed by atoms with Gasteiger partial charge in [-0.3, -0.25) is 4.90 Å². The summed E-state index contributed by atoms with van der Waals surface area (Å²) in [6.07, 6.45) is 2.46. The van der Waals surface area contributed by atoms with E-state index in [0.29, 0.717) is 12.6 Å². The smallest absolute Gasteiger partial charge is 0.0564 e. The molecule has 4 heteroatoms. The zero-order valence-corrected chi connectivity index (χ0v) is 13.2. The van der Waals surface area contributed by atoms with E-state index in [1.807, 2.05) is 5.38 Å². The number of nitrogens with zero attached hydrogens (tertiary/aromatic N) is 1. The fraction of sp³-hybridized carbons (Fsp3) is 0.714. The van der Waals surface area contributed by atoms with E-state index in [1.165, 1.54) is 17.7 Å². The lowest BCUT2D eigenvalue weighted by Gasteiger charge is -2.32. The van der Waals surface area contributed by atoms with Crippen molar-refractivity contribution in [1.29, 1.82) is 0 Å². The van der Waals surface area contributed by atoms with E-state index in [1.54, 1.807) is 11.3 Å². The van der Waals surface area contributed by atoms with Gasteiger partial charge in [-0.25, -0.2) is 0 Å². The highest BCUT2D eigenvalue weighted by atomic mass is 35.5. The summed E-state index contributed by atoms with van der Waals surface area (Å²) < 4.78 is 0. The molecular formula is C14H25ClN2S. The Morgan fingerprint density at radius 3 is 2.39 bits per heavy atom. The standard InChI is InChI=1S/C14H25ClN2S/c1-4-11(5-2)9-17(6-3)13(8-16)14-7-12(15)10-18-14/h7,10-11,13H,4-6,8-9,16H2,1-3H3. The maximum Gasteiger partial charge on any atom is 0.0564 e. The van der Waals surface area contributed by atoms with Crippen LogP contribution in [0.4, 0.5) is 0 Å². The second-order valence-electron chi connectivity index (χ2n) is 4.69. The highest BCUT2D eigenvalue weighted by Gasteiger charge is 2.21. The molecule has 0 radical (unpaired) electrons. The van der Waals surface area contributed by atoms with Crippen molar-refractivity contribution in [2.45, 2.75) is 39.7 Å². The molecule has 1 aromatic heterocycles. The van der Waals surface area contributed by atoms with Gasteiger partial charge in [0.2, 0.25) is 0 Å². The summed E-state index contributed by atoms with van der Waals surface area (Å²) >= 11 is 7.74. The quantitative estimate of drug-likeness (QED) is 0.778. The van der Waals surface area contributed by atoms with Crippen LogP contribution >= 0.6 is 22.9 Å². The molecule has 0 fully saturated rings. The lowest BCUT2D eigenvalue weighted by molar-refractivity contribution is 0.176. The largest absolute Gasteiger partial charge is 0.329 e. The van der Waals surface area contributed by atoms with Crippen molar-refractivity contribution in [3.05, 3.63) is 21.3 Å². The molecule has 2 nitrogen and oxygen atoms in total. The number of nitrogens with two attached hydrogens (primary N) is 1. The molecule has 1 heterocycles. The lowest BCUT2D eigenvalue weighted by atomic mass is 10.0. The van der Waals surface area contributed by atoms with Crippen molar-refractivity contribution in [2.24, 2.45) is 11.7 Å². The minimum atomic E-state index is 0.313. The van der Waals surface area contributed by atoms with Crippen LogP contribution in [0.15, 0.2) is 11.4 Å². The average Bonchev–Trinajstić information content (AvgIpc) is 2.81. The Balaban J connectivity index is 2.77. The van der Waals surface area contributed by atoms with Gasteiger partial charge in [0.25, 0.3) is 0 Å². The van der Waals surface area contributed by atoms with Gasteiger partial charge < -0.3 is 5.73 Å². The molecule has 0 aliphatic heterocycles. The Labute approximate surface area is 120 Å². The third kappa shape index (κ3) is 4.23. The number of thiophene rings is 1. The van der Waals surface area contributed by atoms with Crippen molar-refractivity contribution < 1.29 is 0 Å². The molecule has 1 atom stereocenters. The second kappa shape index (κ2) is 8.16. The first-order valence-electron chi connectivity index (χ1n) is 6.84. The minimum Gasteiger partial charge on any atom is -0.329 e. The van der Waals surface area contributed by atoms with Gasteiger partial charge in [0.15, 0.2) is 0 Å². The van der Waals surface area contributed by atoms with Crippen LogP contribution in [0.1, 0.15) is 44.5 Å². The van der Waals surface area contributed by atoms with Gasteiger partial charge in [0.05, 0.1) is 11.1 Å². The highest BCUT2D eigenvalue weighted by molar-refractivity contribution is 7.10. The van der Waals surface area contributed by atoms with Gasteiger partial charge in [-0.1, -0.05) is 45.2 Å². The van der Waals surface area contributed by atoms with Crippen molar-refractivity contribution in [3.63, 3.8) is 0 Å². The molecule has 0 spiro atoms. The normalized spacial score (nSPS) is 13.5. The predicted octanol–water partition coefficient (Wildman–Crippen LogP) is 4.16. The van der Waals surface area contributed by atoms with Crippen LogP contribution in [0.3, 0.4) is 0 Å². The summed E-state index contributed by atoms with van der Waals surface area (Å²) in [5, 5.41) is 2.82. The molecule has 0 bridgehead atoms. The third-order valence-corrected chi connectivity index (χ3v) is 5.02.